The van der Waals surface area contributed by atoms with Gasteiger partial charge in [0.2, 0.25) is 0 Å². The summed E-state index contributed by atoms with van der Waals surface area (Å²) >= 11 is 0. The van der Waals surface area contributed by atoms with Crippen molar-refractivity contribution in [1.82, 2.24) is 9.88 Å². The zero-order chi connectivity index (χ0) is 39.1. The van der Waals surface area contributed by atoms with Gasteiger partial charge in [-0.05, 0) is 123 Å². The highest BCUT2D eigenvalue weighted by Crippen LogP contribution is 2.77. The van der Waals surface area contributed by atoms with Crippen molar-refractivity contribution in [2.24, 2.45) is 56.2 Å². The number of rotatable bonds is 9. The number of aliphatic hydroxyl groups excluding tert-OH is 1. The van der Waals surface area contributed by atoms with Crippen LogP contribution in [0.15, 0.2) is 35.7 Å². The summed E-state index contributed by atoms with van der Waals surface area (Å²) in [4.78, 5) is 58.0. The SMILES string of the molecule is CC(C)C1=C2[C@H]3CC[C@@H]4[C@@]5(C)CC[C@H](OC(=O)CC(C)(C)C(=O)O)C(C)(C)C5CC[C@@]4(C)[C@]3(C)CC[C@@]2([C@@H](O)CN(C)C(=O)c2cccnc2)CC1=O. The molecule has 1 heterocycles. The first kappa shape index (κ1) is 39.6. The predicted octanol–water partition coefficient (Wildman–Crippen LogP) is 7.91. The average Bonchev–Trinajstić information content (AvgIpc) is 3.39. The maximum atomic E-state index is 14.1. The number of likely N-dealkylation sites (N-methyl/N-ethyl adjacent to an activating group) is 1. The number of aliphatic carboxylic acids is 1. The molecule has 5 aliphatic rings. The fourth-order valence-corrected chi connectivity index (χ4v) is 13.1. The Morgan fingerprint density at radius 3 is 2.30 bits per heavy atom. The van der Waals surface area contributed by atoms with Gasteiger partial charge in [0.15, 0.2) is 5.78 Å². The molecule has 2 N–H and O–H groups in total. The topological polar surface area (TPSA) is 134 Å². The number of hydrogen-bond donors (Lipinski definition) is 2. The molecule has 1 aromatic rings. The fourth-order valence-electron chi connectivity index (χ4n) is 13.1. The van der Waals surface area contributed by atoms with E-state index in [4.69, 9.17) is 4.74 Å². The van der Waals surface area contributed by atoms with Gasteiger partial charge in [0.1, 0.15) is 6.10 Å². The van der Waals surface area contributed by atoms with Gasteiger partial charge in [-0.2, -0.15) is 0 Å². The molecule has 6 rings (SSSR count). The lowest BCUT2D eigenvalue weighted by Crippen LogP contribution is -2.66. The van der Waals surface area contributed by atoms with Gasteiger partial charge in [0.25, 0.3) is 5.91 Å². The molecule has 53 heavy (non-hydrogen) atoms. The molecule has 4 saturated carbocycles. The molecule has 1 aromatic heterocycles. The van der Waals surface area contributed by atoms with Gasteiger partial charge in [0, 0.05) is 43.2 Å². The minimum Gasteiger partial charge on any atom is -0.481 e. The number of allylic oxidation sites excluding steroid dienone is 1. The maximum Gasteiger partial charge on any atom is 0.309 e. The molecule has 1 unspecified atom stereocenters. The monoisotopic (exact) mass is 732 g/mol. The highest BCUT2D eigenvalue weighted by molar-refractivity contribution is 6.01. The Balaban J connectivity index is 1.28. The minimum absolute atomic E-state index is 0.00280. The van der Waals surface area contributed by atoms with Crippen LogP contribution in [0.5, 0.6) is 0 Å². The Morgan fingerprint density at radius 1 is 0.981 bits per heavy atom. The molecule has 9 nitrogen and oxygen atoms in total. The number of pyridine rings is 1. The molecule has 9 heteroatoms. The quantitative estimate of drug-likeness (QED) is 0.245. The number of carbonyl (C=O) groups is 4. The molecular weight excluding hydrogens is 668 g/mol. The Bertz CT molecular complexity index is 1680. The number of esters is 1. The second kappa shape index (κ2) is 13.3. The van der Waals surface area contributed by atoms with Gasteiger partial charge < -0.3 is 19.8 Å². The van der Waals surface area contributed by atoms with E-state index in [9.17, 15) is 29.4 Å². The van der Waals surface area contributed by atoms with Crippen molar-refractivity contribution in [3.05, 3.63) is 41.2 Å². The lowest BCUT2D eigenvalue weighted by Gasteiger charge is -2.72. The molecule has 9 atom stereocenters. The minimum atomic E-state index is -1.18. The molecule has 0 spiro atoms. The van der Waals surface area contributed by atoms with E-state index in [1.165, 1.54) is 5.57 Å². The Hall–Kier alpha value is -3.07. The van der Waals surface area contributed by atoms with E-state index in [1.807, 2.05) is 0 Å². The normalized spacial score (nSPS) is 36.9. The number of hydrogen-bond acceptors (Lipinski definition) is 7. The van der Waals surface area contributed by atoms with Crippen molar-refractivity contribution in [3.8, 4) is 0 Å². The molecule has 4 fully saturated rings. The third kappa shape index (κ3) is 6.01. The van der Waals surface area contributed by atoms with Crippen LogP contribution in [-0.4, -0.2) is 69.5 Å². The zero-order valence-electron chi connectivity index (χ0n) is 33.9. The van der Waals surface area contributed by atoms with Crippen LogP contribution in [0.4, 0.5) is 0 Å². The summed E-state index contributed by atoms with van der Waals surface area (Å²) in [7, 11) is 1.73. The van der Waals surface area contributed by atoms with Crippen LogP contribution in [0.25, 0.3) is 0 Å². The summed E-state index contributed by atoms with van der Waals surface area (Å²) in [5.74, 6) is -0.488. The second-order valence-corrected chi connectivity index (χ2v) is 20.0. The molecule has 0 aliphatic heterocycles. The van der Waals surface area contributed by atoms with Crippen LogP contribution >= 0.6 is 0 Å². The standard InChI is InChI=1S/C44H64N2O7/c1-26(2)35-29(47)22-44(32(48)25-46(10)37(50)27-12-11-21-45-24-27)20-19-42(8)28(36(35)44)13-14-31-41(7)17-16-33(53-34(49)23-39(3,4)38(51)52)40(5,6)30(41)15-18-43(31,42)9/h11-12,21,24,26,28,30-33,48H,13-20,22-23,25H2,1-10H3,(H,51,52)/t28-,30?,31-,32+,33+,41+,42-,43-,44+/m1/s1. The van der Waals surface area contributed by atoms with E-state index in [0.29, 0.717) is 30.2 Å². The number of ketones is 1. The third-order valence-corrected chi connectivity index (χ3v) is 16.2. The first-order chi connectivity index (χ1) is 24.6. The molecule has 0 bridgehead atoms. The van der Waals surface area contributed by atoms with Gasteiger partial charge >= 0.3 is 11.9 Å². The highest BCUT2D eigenvalue weighted by Gasteiger charge is 2.71. The summed E-state index contributed by atoms with van der Waals surface area (Å²) in [6, 6.07) is 3.48. The van der Waals surface area contributed by atoms with E-state index in [0.717, 1.165) is 50.5 Å². The number of fused-ring (bicyclic) bond motifs is 7. The summed E-state index contributed by atoms with van der Waals surface area (Å²) in [5.41, 5.74) is 0.381. The molecular formula is C44H64N2O7. The summed E-state index contributed by atoms with van der Waals surface area (Å²) in [5, 5.41) is 21.9. The number of carbonyl (C=O) groups excluding carboxylic acids is 3. The summed E-state index contributed by atoms with van der Waals surface area (Å²) in [6.07, 6.45) is 9.57. The number of carboxylic acid groups (broad SMARTS) is 1. The first-order valence-corrected chi connectivity index (χ1v) is 20.1. The van der Waals surface area contributed by atoms with E-state index < -0.39 is 28.9 Å². The number of nitrogens with zero attached hydrogens (tertiary/aromatic N) is 2. The first-order valence-electron chi connectivity index (χ1n) is 20.1. The lowest BCUT2D eigenvalue weighted by molar-refractivity contribution is -0.235. The van der Waals surface area contributed by atoms with Crippen LogP contribution < -0.4 is 0 Å². The summed E-state index contributed by atoms with van der Waals surface area (Å²) < 4.78 is 6.15. The lowest BCUT2D eigenvalue weighted by atomic mass is 9.33. The Labute approximate surface area is 316 Å². The number of Topliss-reactive ketones (excluding diaryl/α,β-unsaturated/α-hetero) is 1. The van der Waals surface area contributed by atoms with E-state index in [1.54, 1.807) is 50.3 Å². The molecule has 5 aliphatic carbocycles. The number of amides is 1. The van der Waals surface area contributed by atoms with Crippen molar-refractivity contribution in [2.75, 3.05) is 13.6 Å². The van der Waals surface area contributed by atoms with Crippen LogP contribution in [-0.2, 0) is 19.1 Å². The van der Waals surface area contributed by atoms with Crippen LogP contribution in [0, 0.1) is 56.2 Å². The van der Waals surface area contributed by atoms with Crippen LogP contribution in [0.2, 0.25) is 0 Å². The van der Waals surface area contributed by atoms with Crippen LogP contribution in [0.3, 0.4) is 0 Å². The van der Waals surface area contributed by atoms with Gasteiger partial charge in [-0.15, -0.1) is 0 Å². The third-order valence-electron chi connectivity index (χ3n) is 16.2. The molecule has 1 amide bonds. The number of aliphatic hydroxyl groups is 1. The number of aromatic nitrogens is 1. The molecule has 0 radical (unpaired) electrons. The van der Waals surface area contributed by atoms with Gasteiger partial charge in [-0.1, -0.05) is 54.0 Å². The average molecular weight is 733 g/mol. The summed E-state index contributed by atoms with van der Waals surface area (Å²) in [6.45, 7) is 19.5. The molecule has 292 valence electrons. The van der Waals surface area contributed by atoms with E-state index in [-0.39, 0.29) is 64.3 Å². The second-order valence-electron chi connectivity index (χ2n) is 20.0. The number of carboxylic acids is 1. The van der Waals surface area contributed by atoms with Gasteiger partial charge in [0.05, 0.1) is 23.5 Å². The van der Waals surface area contributed by atoms with Crippen molar-refractivity contribution in [3.63, 3.8) is 0 Å². The van der Waals surface area contributed by atoms with E-state index >= 15 is 0 Å². The van der Waals surface area contributed by atoms with Crippen molar-refractivity contribution < 1.29 is 34.1 Å². The Kier molecular flexibility index (Phi) is 9.94. The fraction of sp³-hybridized carbons (Fsp3) is 0.750. The van der Waals surface area contributed by atoms with Crippen molar-refractivity contribution in [1.29, 1.82) is 0 Å². The van der Waals surface area contributed by atoms with Crippen LogP contribution in [0.1, 0.15) is 137 Å². The van der Waals surface area contributed by atoms with Gasteiger partial charge in [-0.25, -0.2) is 0 Å². The Morgan fingerprint density at radius 2 is 1.68 bits per heavy atom. The molecule has 0 aromatic carbocycles. The zero-order valence-corrected chi connectivity index (χ0v) is 33.9. The molecule has 0 saturated heterocycles. The van der Waals surface area contributed by atoms with Crippen molar-refractivity contribution in [2.45, 2.75) is 139 Å². The smallest absolute Gasteiger partial charge is 0.309 e. The maximum absolute atomic E-state index is 14.1. The predicted molar refractivity (Wildman–Crippen MR) is 203 cm³/mol. The number of ether oxygens (including phenoxy) is 1. The largest absolute Gasteiger partial charge is 0.481 e. The highest BCUT2D eigenvalue weighted by atomic mass is 16.5. The van der Waals surface area contributed by atoms with Crippen molar-refractivity contribution >= 4 is 23.6 Å². The van der Waals surface area contributed by atoms with E-state index in [2.05, 4.69) is 53.5 Å². The van der Waals surface area contributed by atoms with Gasteiger partial charge in [-0.3, -0.25) is 24.2 Å².